The fraction of sp³-hybridized carbons (Fsp3) is 0.0769. The monoisotopic (exact) mass is 354 g/mol. The molecular formula is C13H9BrNa2O4. The molecule has 0 radical (unpaired) electrons. The van der Waals surface area contributed by atoms with Crippen LogP contribution in [0.25, 0.3) is 6.08 Å². The zero-order valence-corrected chi connectivity index (χ0v) is 17.1. The van der Waals surface area contributed by atoms with Crippen molar-refractivity contribution in [3.8, 4) is 0 Å². The number of rotatable bonds is 4. The Labute approximate surface area is 169 Å². The van der Waals surface area contributed by atoms with E-state index in [1.165, 1.54) is 13.0 Å². The summed E-state index contributed by atoms with van der Waals surface area (Å²) in [5, 5.41) is 21.4. The van der Waals surface area contributed by atoms with Gasteiger partial charge in [0.25, 0.3) is 0 Å². The molecule has 0 heterocycles. The summed E-state index contributed by atoms with van der Waals surface area (Å²) in [6.07, 6.45) is 2.07. The minimum absolute atomic E-state index is 0. The zero-order valence-electron chi connectivity index (χ0n) is 11.5. The van der Waals surface area contributed by atoms with Gasteiger partial charge >= 0.3 is 59.1 Å². The first-order chi connectivity index (χ1) is 8.40. The van der Waals surface area contributed by atoms with Crippen molar-refractivity contribution in [2.24, 2.45) is 0 Å². The number of halogens is 1. The molecule has 0 N–H and O–H groups in total. The van der Waals surface area contributed by atoms with Crippen LogP contribution in [0, 0.1) is 0 Å². The second-order valence-corrected chi connectivity index (χ2v) is 4.46. The molecule has 0 aromatic heterocycles. The molecular weight excluding hydrogens is 346 g/mol. The van der Waals surface area contributed by atoms with Crippen molar-refractivity contribution in [2.45, 2.75) is 6.92 Å². The van der Waals surface area contributed by atoms with Crippen LogP contribution in [0.2, 0.25) is 0 Å². The fourth-order valence-electron chi connectivity index (χ4n) is 1.31. The second kappa shape index (κ2) is 10.8. The largest absolute Gasteiger partial charge is 1.00 e. The predicted molar refractivity (Wildman–Crippen MR) is 65.9 cm³/mol. The van der Waals surface area contributed by atoms with Crippen LogP contribution >= 0.6 is 15.9 Å². The van der Waals surface area contributed by atoms with E-state index in [4.69, 9.17) is 0 Å². The van der Waals surface area contributed by atoms with Crippen molar-refractivity contribution in [3.05, 3.63) is 51.5 Å². The predicted octanol–water partition coefficient (Wildman–Crippen LogP) is -5.71. The molecule has 0 saturated carbocycles. The SMILES string of the molecule is CC(=C/C(=O)[O-])/C(=C\c1ccc(Br)cc1)C(=O)[O-].[Na+].[Na+]. The summed E-state index contributed by atoms with van der Waals surface area (Å²) in [5.41, 5.74) is 0.503. The van der Waals surface area contributed by atoms with Crippen LogP contribution in [-0.4, -0.2) is 11.9 Å². The van der Waals surface area contributed by atoms with Crippen molar-refractivity contribution in [1.82, 2.24) is 0 Å². The molecule has 20 heavy (non-hydrogen) atoms. The Balaban J connectivity index is 0. The third-order valence-electron chi connectivity index (χ3n) is 2.16. The second-order valence-electron chi connectivity index (χ2n) is 3.54. The Hall–Kier alpha value is 0.120. The van der Waals surface area contributed by atoms with Crippen molar-refractivity contribution in [3.63, 3.8) is 0 Å². The van der Waals surface area contributed by atoms with Gasteiger partial charge < -0.3 is 19.8 Å². The molecule has 0 aliphatic rings. The molecule has 0 bridgehead atoms. The molecule has 94 valence electrons. The summed E-state index contributed by atoms with van der Waals surface area (Å²) in [4.78, 5) is 21.4. The number of hydrogen-bond donors (Lipinski definition) is 0. The van der Waals surface area contributed by atoms with Crippen LogP contribution in [-0.2, 0) is 9.59 Å². The van der Waals surface area contributed by atoms with Crippen LogP contribution in [0.3, 0.4) is 0 Å². The van der Waals surface area contributed by atoms with Crippen LogP contribution in [0.1, 0.15) is 12.5 Å². The Morgan fingerprint density at radius 2 is 1.60 bits per heavy atom. The fourth-order valence-corrected chi connectivity index (χ4v) is 1.58. The number of carbonyl (C=O) groups is 2. The molecule has 0 fully saturated rings. The van der Waals surface area contributed by atoms with Crippen LogP contribution in [0.4, 0.5) is 0 Å². The number of carboxylic acid groups (broad SMARTS) is 2. The first-order valence-electron chi connectivity index (χ1n) is 4.98. The molecule has 4 nitrogen and oxygen atoms in total. The van der Waals surface area contributed by atoms with Crippen LogP contribution in [0.5, 0.6) is 0 Å². The Bertz CT molecular complexity index is 536. The maximum absolute atomic E-state index is 11.0. The summed E-state index contributed by atoms with van der Waals surface area (Å²) in [6.45, 7) is 1.37. The molecule has 0 unspecified atom stereocenters. The van der Waals surface area contributed by atoms with Gasteiger partial charge in [-0.15, -0.1) is 0 Å². The minimum Gasteiger partial charge on any atom is -0.545 e. The zero-order chi connectivity index (χ0) is 13.7. The molecule has 0 aliphatic heterocycles. The number of hydrogen-bond acceptors (Lipinski definition) is 4. The van der Waals surface area contributed by atoms with Gasteiger partial charge in [0, 0.05) is 10.0 Å². The van der Waals surface area contributed by atoms with Gasteiger partial charge in [-0.05, 0) is 42.3 Å². The molecule has 1 aromatic carbocycles. The van der Waals surface area contributed by atoms with E-state index in [1.54, 1.807) is 24.3 Å². The summed E-state index contributed by atoms with van der Waals surface area (Å²) < 4.78 is 0.858. The third-order valence-corrected chi connectivity index (χ3v) is 2.69. The van der Waals surface area contributed by atoms with Crippen molar-refractivity contribution < 1.29 is 78.9 Å². The van der Waals surface area contributed by atoms with Crippen LogP contribution in [0.15, 0.2) is 46.0 Å². The molecule has 0 atom stereocenters. The van der Waals surface area contributed by atoms with Crippen molar-refractivity contribution in [1.29, 1.82) is 0 Å². The molecule has 0 amide bonds. The molecule has 0 saturated heterocycles. The molecule has 7 heteroatoms. The van der Waals surface area contributed by atoms with E-state index in [0.717, 1.165) is 10.5 Å². The van der Waals surface area contributed by atoms with E-state index in [2.05, 4.69) is 15.9 Å². The summed E-state index contributed by atoms with van der Waals surface area (Å²) in [5.74, 6) is -2.89. The molecule has 0 spiro atoms. The van der Waals surface area contributed by atoms with Gasteiger partial charge in [0.2, 0.25) is 0 Å². The summed E-state index contributed by atoms with van der Waals surface area (Å²) in [7, 11) is 0. The summed E-state index contributed by atoms with van der Waals surface area (Å²) in [6, 6.07) is 6.88. The minimum atomic E-state index is -1.45. The van der Waals surface area contributed by atoms with Gasteiger partial charge in [-0.25, -0.2) is 0 Å². The van der Waals surface area contributed by atoms with Gasteiger partial charge in [0.1, 0.15) is 0 Å². The number of benzene rings is 1. The van der Waals surface area contributed by atoms with Gasteiger partial charge in [0.05, 0.1) is 11.9 Å². The number of carbonyl (C=O) groups excluding carboxylic acids is 2. The average Bonchev–Trinajstić information content (AvgIpc) is 2.26. The smallest absolute Gasteiger partial charge is 0.545 e. The quantitative estimate of drug-likeness (QED) is 0.306. The van der Waals surface area contributed by atoms with Crippen molar-refractivity contribution in [2.75, 3.05) is 0 Å². The van der Waals surface area contributed by atoms with Crippen LogP contribution < -0.4 is 69.3 Å². The van der Waals surface area contributed by atoms with E-state index >= 15 is 0 Å². The number of carboxylic acids is 2. The van der Waals surface area contributed by atoms with E-state index in [0.29, 0.717) is 5.56 Å². The van der Waals surface area contributed by atoms with E-state index < -0.39 is 11.9 Å². The summed E-state index contributed by atoms with van der Waals surface area (Å²) >= 11 is 3.26. The average molecular weight is 355 g/mol. The Kier molecular flexibility index (Phi) is 12.1. The van der Waals surface area contributed by atoms with Crippen molar-refractivity contribution >= 4 is 33.9 Å². The van der Waals surface area contributed by atoms with Gasteiger partial charge in [-0.3, -0.25) is 0 Å². The number of aliphatic carboxylic acids is 2. The first-order valence-corrected chi connectivity index (χ1v) is 5.77. The van der Waals surface area contributed by atoms with E-state index in [-0.39, 0.29) is 70.3 Å². The van der Waals surface area contributed by atoms with Gasteiger partial charge in [0.15, 0.2) is 0 Å². The normalized spacial score (nSPS) is 11.1. The van der Waals surface area contributed by atoms with E-state index in [9.17, 15) is 19.8 Å². The topological polar surface area (TPSA) is 80.3 Å². The Morgan fingerprint density at radius 1 is 1.10 bits per heavy atom. The maximum atomic E-state index is 11.0. The standard InChI is InChI=1S/C13H11BrO4.2Na/c1-8(6-12(15)16)11(13(17)18)7-9-2-4-10(14)5-3-9;;/h2-7H,1H3,(H,15,16)(H,17,18);;/q;2*+1/p-2/b8-6-,11-7+;;. The molecule has 0 aliphatic carbocycles. The molecule has 1 aromatic rings. The third kappa shape index (κ3) is 7.78. The van der Waals surface area contributed by atoms with Gasteiger partial charge in [-0.2, -0.15) is 0 Å². The Morgan fingerprint density at radius 3 is 2.00 bits per heavy atom. The van der Waals surface area contributed by atoms with Gasteiger partial charge in [-0.1, -0.05) is 28.1 Å². The first kappa shape index (κ1) is 22.4. The maximum Gasteiger partial charge on any atom is 1.00 e. The van der Waals surface area contributed by atoms with E-state index in [1.807, 2.05) is 0 Å². The molecule has 1 rings (SSSR count).